The molecule has 1 N–H and O–H groups in total. The SMILES string of the molecule is CNCCc1ccccc1COCc1cccs1. The molecule has 0 bridgehead atoms. The Bertz CT molecular complexity index is 453. The Morgan fingerprint density at radius 1 is 1.06 bits per heavy atom. The van der Waals surface area contributed by atoms with E-state index in [1.54, 1.807) is 11.3 Å². The zero-order valence-corrected chi connectivity index (χ0v) is 11.5. The van der Waals surface area contributed by atoms with Gasteiger partial charge in [0.2, 0.25) is 0 Å². The Morgan fingerprint density at radius 2 is 1.89 bits per heavy atom. The van der Waals surface area contributed by atoms with Crippen LogP contribution in [-0.2, 0) is 24.4 Å². The van der Waals surface area contributed by atoms with Gasteiger partial charge in [0.05, 0.1) is 13.2 Å². The molecule has 96 valence electrons. The van der Waals surface area contributed by atoms with Crippen molar-refractivity contribution in [1.82, 2.24) is 5.32 Å². The van der Waals surface area contributed by atoms with Gasteiger partial charge in [-0.05, 0) is 42.6 Å². The van der Waals surface area contributed by atoms with Crippen LogP contribution in [0.3, 0.4) is 0 Å². The van der Waals surface area contributed by atoms with E-state index in [1.165, 1.54) is 16.0 Å². The average Bonchev–Trinajstić information content (AvgIpc) is 2.91. The lowest BCUT2D eigenvalue weighted by Gasteiger charge is -2.09. The summed E-state index contributed by atoms with van der Waals surface area (Å²) in [6, 6.07) is 12.7. The van der Waals surface area contributed by atoms with E-state index in [0.29, 0.717) is 13.2 Å². The first-order valence-electron chi connectivity index (χ1n) is 6.21. The molecule has 0 saturated carbocycles. The largest absolute Gasteiger partial charge is 0.371 e. The maximum absolute atomic E-state index is 5.77. The first-order valence-corrected chi connectivity index (χ1v) is 7.09. The van der Waals surface area contributed by atoms with Gasteiger partial charge in [0.15, 0.2) is 0 Å². The Kier molecular flexibility index (Phi) is 5.39. The fourth-order valence-corrected chi connectivity index (χ4v) is 2.50. The molecule has 0 fully saturated rings. The van der Waals surface area contributed by atoms with Gasteiger partial charge in [-0.25, -0.2) is 0 Å². The van der Waals surface area contributed by atoms with Crippen molar-refractivity contribution in [1.29, 1.82) is 0 Å². The number of benzene rings is 1. The zero-order chi connectivity index (χ0) is 12.6. The van der Waals surface area contributed by atoms with Crippen LogP contribution < -0.4 is 5.32 Å². The van der Waals surface area contributed by atoms with Gasteiger partial charge in [-0.15, -0.1) is 11.3 Å². The molecule has 0 aliphatic carbocycles. The summed E-state index contributed by atoms with van der Waals surface area (Å²) in [6.45, 7) is 2.40. The molecular formula is C15H19NOS. The summed E-state index contributed by atoms with van der Waals surface area (Å²) in [7, 11) is 1.98. The average molecular weight is 261 g/mol. The van der Waals surface area contributed by atoms with Gasteiger partial charge in [0.1, 0.15) is 0 Å². The third kappa shape index (κ3) is 3.95. The van der Waals surface area contributed by atoms with Crippen LogP contribution in [0, 0.1) is 0 Å². The van der Waals surface area contributed by atoms with Crippen LogP contribution in [0.4, 0.5) is 0 Å². The number of ether oxygens (including phenoxy) is 1. The van der Waals surface area contributed by atoms with Crippen LogP contribution in [0.1, 0.15) is 16.0 Å². The van der Waals surface area contributed by atoms with E-state index in [9.17, 15) is 0 Å². The van der Waals surface area contributed by atoms with E-state index in [1.807, 2.05) is 7.05 Å². The van der Waals surface area contributed by atoms with Gasteiger partial charge >= 0.3 is 0 Å². The number of hydrogen-bond donors (Lipinski definition) is 1. The van der Waals surface area contributed by atoms with Crippen molar-refractivity contribution in [3.63, 3.8) is 0 Å². The van der Waals surface area contributed by atoms with Crippen LogP contribution in [0.25, 0.3) is 0 Å². The molecule has 1 aromatic heterocycles. The summed E-state index contributed by atoms with van der Waals surface area (Å²) < 4.78 is 5.77. The van der Waals surface area contributed by atoms with Gasteiger partial charge in [0, 0.05) is 4.88 Å². The molecule has 2 nitrogen and oxygen atoms in total. The fourth-order valence-electron chi connectivity index (χ4n) is 1.86. The lowest BCUT2D eigenvalue weighted by atomic mass is 10.1. The summed E-state index contributed by atoms with van der Waals surface area (Å²) in [5.41, 5.74) is 2.67. The monoisotopic (exact) mass is 261 g/mol. The van der Waals surface area contributed by atoms with Gasteiger partial charge in [-0.3, -0.25) is 0 Å². The molecule has 1 aromatic carbocycles. The third-order valence-electron chi connectivity index (χ3n) is 2.84. The second-order valence-corrected chi connectivity index (χ2v) is 5.23. The highest BCUT2D eigenvalue weighted by molar-refractivity contribution is 7.09. The van der Waals surface area contributed by atoms with Gasteiger partial charge in [-0.1, -0.05) is 30.3 Å². The maximum atomic E-state index is 5.77. The Hall–Kier alpha value is -1.16. The quantitative estimate of drug-likeness (QED) is 0.826. The van der Waals surface area contributed by atoms with E-state index < -0.39 is 0 Å². The molecule has 18 heavy (non-hydrogen) atoms. The first-order chi connectivity index (χ1) is 8.90. The second kappa shape index (κ2) is 7.31. The smallest absolute Gasteiger partial charge is 0.0813 e. The molecule has 0 amide bonds. The molecule has 0 spiro atoms. The number of nitrogens with one attached hydrogen (secondary N) is 1. The number of rotatable bonds is 7. The van der Waals surface area contributed by atoms with Crippen LogP contribution in [-0.4, -0.2) is 13.6 Å². The summed E-state index contributed by atoms with van der Waals surface area (Å²) in [5, 5.41) is 5.27. The highest BCUT2D eigenvalue weighted by atomic mass is 32.1. The predicted octanol–water partition coefficient (Wildman–Crippen LogP) is 3.23. The van der Waals surface area contributed by atoms with Gasteiger partial charge in [0.25, 0.3) is 0 Å². The van der Waals surface area contributed by atoms with Crippen LogP contribution in [0.2, 0.25) is 0 Å². The Labute approximate surface area is 113 Å². The second-order valence-electron chi connectivity index (χ2n) is 4.19. The first kappa shape index (κ1) is 13.3. The summed E-state index contributed by atoms with van der Waals surface area (Å²) >= 11 is 1.74. The van der Waals surface area contributed by atoms with E-state index in [2.05, 4.69) is 47.1 Å². The third-order valence-corrected chi connectivity index (χ3v) is 3.69. The standard InChI is InChI=1S/C15H19NOS/c1-16-9-8-13-5-2-3-6-14(13)11-17-12-15-7-4-10-18-15/h2-7,10,16H,8-9,11-12H2,1H3. The molecule has 3 heteroatoms. The van der Waals surface area contributed by atoms with Gasteiger partial charge < -0.3 is 10.1 Å². The number of likely N-dealkylation sites (N-methyl/N-ethyl adjacent to an activating group) is 1. The molecule has 2 rings (SSSR count). The minimum absolute atomic E-state index is 0.692. The Balaban J connectivity index is 1.87. The lowest BCUT2D eigenvalue weighted by molar-refractivity contribution is 0.108. The van der Waals surface area contributed by atoms with Crippen molar-refractivity contribution >= 4 is 11.3 Å². The Morgan fingerprint density at radius 3 is 2.61 bits per heavy atom. The van der Waals surface area contributed by atoms with E-state index in [0.717, 1.165) is 13.0 Å². The molecule has 2 aromatic rings. The van der Waals surface area contributed by atoms with E-state index in [4.69, 9.17) is 4.74 Å². The highest BCUT2D eigenvalue weighted by Crippen LogP contribution is 2.14. The minimum Gasteiger partial charge on any atom is -0.371 e. The van der Waals surface area contributed by atoms with Crippen molar-refractivity contribution in [3.05, 3.63) is 57.8 Å². The lowest BCUT2D eigenvalue weighted by Crippen LogP contribution is -2.11. The van der Waals surface area contributed by atoms with Gasteiger partial charge in [-0.2, -0.15) is 0 Å². The molecule has 1 heterocycles. The van der Waals surface area contributed by atoms with Crippen molar-refractivity contribution in [2.75, 3.05) is 13.6 Å². The molecule has 0 radical (unpaired) electrons. The molecule has 0 atom stereocenters. The molecule has 0 unspecified atom stereocenters. The molecular weight excluding hydrogens is 242 g/mol. The predicted molar refractivity (Wildman–Crippen MR) is 76.9 cm³/mol. The van der Waals surface area contributed by atoms with E-state index >= 15 is 0 Å². The van der Waals surface area contributed by atoms with Crippen molar-refractivity contribution in [2.24, 2.45) is 0 Å². The summed E-state index contributed by atoms with van der Waals surface area (Å²) in [5.74, 6) is 0. The minimum atomic E-state index is 0.692. The molecule has 0 aliphatic rings. The number of thiophene rings is 1. The number of hydrogen-bond acceptors (Lipinski definition) is 3. The van der Waals surface area contributed by atoms with Crippen molar-refractivity contribution in [2.45, 2.75) is 19.6 Å². The topological polar surface area (TPSA) is 21.3 Å². The van der Waals surface area contributed by atoms with Crippen molar-refractivity contribution < 1.29 is 4.74 Å². The summed E-state index contributed by atoms with van der Waals surface area (Å²) in [6.07, 6.45) is 1.05. The normalized spacial score (nSPS) is 10.7. The van der Waals surface area contributed by atoms with E-state index in [-0.39, 0.29) is 0 Å². The highest BCUT2D eigenvalue weighted by Gasteiger charge is 2.02. The molecule has 0 saturated heterocycles. The molecule has 0 aliphatic heterocycles. The maximum Gasteiger partial charge on any atom is 0.0813 e. The van der Waals surface area contributed by atoms with Crippen LogP contribution in [0.15, 0.2) is 41.8 Å². The fraction of sp³-hybridized carbons (Fsp3) is 0.333. The van der Waals surface area contributed by atoms with Crippen LogP contribution in [0.5, 0.6) is 0 Å². The van der Waals surface area contributed by atoms with Crippen LogP contribution >= 0.6 is 11.3 Å². The zero-order valence-electron chi connectivity index (χ0n) is 10.7. The summed E-state index contributed by atoms with van der Waals surface area (Å²) in [4.78, 5) is 1.28. The van der Waals surface area contributed by atoms with Crippen molar-refractivity contribution in [3.8, 4) is 0 Å².